The summed E-state index contributed by atoms with van der Waals surface area (Å²) >= 11 is 0. The monoisotopic (exact) mass is 376 g/mol. The lowest BCUT2D eigenvalue weighted by Crippen LogP contribution is -2.09. The lowest BCUT2D eigenvalue weighted by Gasteiger charge is -2.14. The molecule has 0 saturated heterocycles. The van der Waals surface area contributed by atoms with Crippen LogP contribution in [-0.4, -0.2) is 41.5 Å². The van der Waals surface area contributed by atoms with E-state index in [4.69, 9.17) is 28.4 Å². The molecule has 2 aromatic carbocycles. The topological polar surface area (TPSA) is 72.5 Å². The Kier molecular flexibility index (Phi) is 7.16. The molecule has 0 atom stereocenters. The molecule has 0 N–H and O–H groups in total. The van der Waals surface area contributed by atoms with E-state index in [1.165, 1.54) is 21.3 Å². The highest BCUT2D eigenvalue weighted by molar-refractivity contribution is 5.73. The summed E-state index contributed by atoms with van der Waals surface area (Å²) in [7, 11) is 7.70. The van der Waals surface area contributed by atoms with Gasteiger partial charge in [-0.15, -0.1) is 0 Å². The van der Waals surface area contributed by atoms with E-state index in [-0.39, 0.29) is 13.0 Å². The summed E-state index contributed by atoms with van der Waals surface area (Å²) in [4.78, 5) is 12.3. The fourth-order valence-corrected chi connectivity index (χ4v) is 2.61. The minimum atomic E-state index is -0.394. The second-order valence-electron chi connectivity index (χ2n) is 5.55. The van der Waals surface area contributed by atoms with Gasteiger partial charge < -0.3 is 28.4 Å². The van der Waals surface area contributed by atoms with E-state index in [9.17, 15) is 4.79 Å². The normalized spacial score (nSPS) is 10.1. The Morgan fingerprint density at radius 2 is 1.41 bits per heavy atom. The van der Waals surface area contributed by atoms with Gasteiger partial charge in [0.15, 0.2) is 11.5 Å². The van der Waals surface area contributed by atoms with Crippen LogP contribution in [0.1, 0.15) is 11.1 Å². The third kappa shape index (κ3) is 4.97. The summed E-state index contributed by atoms with van der Waals surface area (Å²) in [5.74, 6) is 2.32. The van der Waals surface area contributed by atoms with E-state index in [0.29, 0.717) is 34.3 Å². The first-order chi connectivity index (χ1) is 13.1. The number of esters is 1. The SMILES string of the molecule is COc1ccc(OC)c(COC(=O)Cc2cc(OC)c(OC)c(OC)c2)c1. The minimum Gasteiger partial charge on any atom is -0.497 e. The van der Waals surface area contributed by atoms with Gasteiger partial charge in [0.1, 0.15) is 18.1 Å². The average molecular weight is 376 g/mol. The molecular formula is C20H24O7. The first-order valence-corrected chi connectivity index (χ1v) is 8.21. The van der Waals surface area contributed by atoms with Gasteiger partial charge in [0, 0.05) is 5.56 Å². The molecule has 0 aliphatic carbocycles. The molecular weight excluding hydrogens is 352 g/mol. The molecule has 0 spiro atoms. The largest absolute Gasteiger partial charge is 0.497 e. The number of carbonyl (C=O) groups excluding carboxylic acids is 1. The molecule has 0 aliphatic rings. The van der Waals surface area contributed by atoms with Crippen LogP contribution in [0.2, 0.25) is 0 Å². The summed E-state index contributed by atoms with van der Waals surface area (Å²) in [5, 5.41) is 0. The van der Waals surface area contributed by atoms with E-state index in [0.717, 1.165) is 5.56 Å². The minimum absolute atomic E-state index is 0.0585. The van der Waals surface area contributed by atoms with Crippen molar-refractivity contribution in [1.29, 1.82) is 0 Å². The van der Waals surface area contributed by atoms with Gasteiger partial charge in [-0.3, -0.25) is 4.79 Å². The molecule has 0 heterocycles. The Labute approximate surface area is 158 Å². The lowest BCUT2D eigenvalue weighted by molar-refractivity contribution is -0.144. The zero-order chi connectivity index (χ0) is 19.8. The van der Waals surface area contributed by atoms with Crippen molar-refractivity contribution >= 4 is 5.97 Å². The molecule has 0 unspecified atom stereocenters. The number of rotatable bonds is 9. The number of benzene rings is 2. The van der Waals surface area contributed by atoms with E-state index in [2.05, 4.69) is 0 Å². The standard InChI is InChI=1S/C20H24O7/c1-22-15-6-7-16(23-2)14(11-15)12-27-19(21)10-13-8-17(24-3)20(26-5)18(9-13)25-4/h6-9,11H,10,12H2,1-5H3. The molecule has 0 aliphatic heterocycles. The van der Waals surface area contributed by atoms with Crippen LogP contribution < -0.4 is 23.7 Å². The average Bonchev–Trinajstić information content (AvgIpc) is 2.70. The summed E-state index contributed by atoms with van der Waals surface area (Å²) in [6, 6.07) is 8.75. The van der Waals surface area contributed by atoms with Crippen LogP contribution in [0, 0.1) is 0 Å². The van der Waals surface area contributed by atoms with E-state index >= 15 is 0 Å². The summed E-state index contributed by atoms with van der Waals surface area (Å²) < 4.78 is 31.7. The second kappa shape index (κ2) is 9.56. The van der Waals surface area contributed by atoms with Crippen LogP contribution in [-0.2, 0) is 22.6 Å². The van der Waals surface area contributed by atoms with Crippen molar-refractivity contribution in [3.8, 4) is 28.7 Å². The number of methoxy groups -OCH3 is 5. The summed E-state index contributed by atoms with van der Waals surface area (Å²) in [6.07, 6.45) is 0.0585. The Bertz CT molecular complexity index is 761. The van der Waals surface area contributed by atoms with Crippen molar-refractivity contribution in [2.45, 2.75) is 13.0 Å². The Morgan fingerprint density at radius 1 is 0.778 bits per heavy atom. The predicted octanol–water partition coefficient (Wildman–Crippen LogP) is 3.02. The first kappa shape index (κ1) is 20.2. The van der Waals surface area contributed by atoms with E-state index < -0.39 is 5.97 Å². The van der Waals surface area contributed by atoms with Gasteiger partial charge in [-0.2, -0.15) is 0 Å². The van der Waals surface area contributed by atoms with E-state index in [1.807, 2.05) is 0 Å². The van der Waals surface area contributed by atoms with Crippen LogP contribution >= 0.6 is 0 Å². The first-order valence-electron chi connectivity index (χ1n) is 8.21. The van der Waals surface area contributed by atoms with Crippen molar-refractivity contribution in [1.82, 2.24) is 0 Å². The summed E-state index contributed by atoms with van der Waals surface area (Å²) in [6.45, 7) is 0.0730. The summed E-state index contributed by atoms with van der Waals surface area (Å²) in [5.41, 5.74) is 1.40. The molecule has 7 nitrogen and oxygen atoms in total. The van der Waals surface area contributed by atoms with Gasteiger partial charge in [0.05, 0.1) is 42.0 Å². The van der Waals surface area contributed by atoms with E-state index in [1.54, 1.807) is 44.6 Å². The van der Waals surface area contributed by atoms with Crippen LogP contribution in [0.3, 0.4) is 0 Å². The van der Waals surface area contributed by atoms with Crippen LogP contribution in [0.25, 0.3) is 0 Å². The van der Waals surface area contributed by atoms with Crippen molar-refractivity contribution in [3.63, 3.8) is 0 Å². The highest BCUT2D eigenvalue weighted by Gasteiger charge is 2.16. The van der Waals surface area contributed by atoms with Gasteiger partial charge in [-0.05, 0) is 35.9 Å². The highest BCUT2D eigenvalue weighted by Crippen LogP contribution is 2.38. The second-order valence-corrected chi connectivity index (χ2v) is 5.55. The molecule has 2 aromatic rings. The molecule has 27 heavy (non-hydrogen) atoms. The quantitative estimate of drug-likeness (QED) is 0.623. The van der Waals surface area contributed by atoms with Gasteiger partial charge in [0.25, 0.3) is 0 Å². The van der Waals surface area contributed by atoms with Gasteiger partial charge in [0.2, 0.25) is 5.75 Å². The fraction of sp³-hybridized carbons (Fsp3) is 0.350. The van der Waals surface area contributed by atoms with Crippen molar-refractivity contribution < 1.29 is 33.2 Å². The van der Waals surface area contributed by atoms with Crippen molar-refractivity contribution in [2.24, 2.45) is 0 Å². The smallest absolute Gasteiger partial charge is 0.310 e. The zero-order valence-electron chi connectivity index (χ0n) is 16.2. The number of ether oxygens (including phenoxy) is 6. The molecule has 2 rings (SSSR count). The number of hydrogen-bond acceptors (Lipinski definition) is 7. The highest BCUT2D eigenvalue weighted by atomic mass is 16.5. The fourth-order valence-electron chi connectivity index (χ4n) is 2.61. The molecule has 0 bridgehead atoms. The maximum absolute atomic E-state index is 12.3. The molecule has 0 amide bonds. The molecule has 146 valence electrons. The maximum Gasteiger partial charge on any atom is 0.310 e. The van der Waals surface area contributed by atoms with Crippen LogP contribution in [0.4, 0.5) is 0 Å². The molecule has 0 radical (unpaired) electrons. The molecule has 0 fully saturated rings. The van der Waals surface area contributed by atoms with Gasteiger partial charge >= 0.3 is 5.97 Å². The number of carbonyl (C=O) groups is 1. The number of hydrogen-bond donors (Lipinski definition) is 0. The Hall–Kier alpha value is -3.09. The maximum atomic E-state index is 12.3. The van der Waals surface area contributed by atoms with Gasteiger partial charge in [-0.1, -0.05) is 0 Å². The molecule has 0 aromatic heterocycles. The predicted molar refractivity (Wildman–Crippen MR) is 99.1 cm³/mol. The van der Waals surface area contributed by atoms with Crippen molar-refractivity contribution in [3.05, 3.63) is 41.5 Å². The van der Waals surface area contributed by atoms with Crippen molar-refractivity contribution in [2.75, 3.05) is 35.5 Å². The Morgan fingerprint density at radius 3 is 1.93 bits per heavy atom. The van der Waals surface area contributed by atoms with Crippen LogP contribution in [0.15, 0.2) is 30.3 Å². The lowest BCUT2D eigenvalue weighted by atomic mass is 10.1. The third-order valence-electron chi connectivity index (χ3n) is 3.95. The third-order valence-corrected chi connectivity index (χ3v) is 3.95. The zero-order valence-corrected chi connectivity index (χ0v) is 16.2. The van der Waals surface area contributed by atoms with Crippen LogP contribution in [0.5, 0.6) is 28.7 Å². The van der Waals surface area contributed by atoms with Gasteiger partial charge in [-0.25, -0.2) is 0 Å². The molecule has 0 saturated carbocycles. The Balaban J connectivity index is 2.10. The molecule has 7 heteroatoms.